The molecule has 14 heavy (non-hydrogen) atoms. The summed E-state index contributed by atoms with van der Waals surface area (Å²) in [5, 5.41) is 0. The monoisotopic (exact) mass is 262 g/mol. The molecule has 0 aromatic carbocycles. The number of hydrogen-bond acceptors (Lipinski definition) is 2. The Morgan fingerprint density at radius 2 is 2.21 bits per heavy atom. The topological polar surface area (TPSA) is 23.6 Å². The van der Waals surface area contributed by atoms with E-state index in [1.54, 1.807) is 0 Å². The van der Waals surface area contributed by atoms with Crippen molar-refractivity contribution >= 4 is 21.8 Å². The summed E-state index contributed by atoms with van der Waals surface area (Å²) in [7, 11) is 0. The predicted octanol–water partition coefficient (Wildman–Crippen LogP) is 1.32. The van der Waals surface area contributed by atoms with Gasteiger partial charge in [-0.25, -0.2) is 0 Å². The number of piperazine rings is 1. The Morgan fingerprint density at radius 3 is 2.64 bits per heavy atom. The van der Waals surface area contributed by atoms with Crippen LogP contribution in [0.3, 0.4) is 0 Å². The molecule has 0 spiro atoms. The first kappa shape index (κ1) is 12.0. The summed E-state index contributed by atoms with van der Waals surface area (Å²) in [5.41, 5.74) is 0. The largest absolute Gasteiger partial charge is 0.339 e. The molecule has 3 nitrogen and oxygen atoms in total. The minimum atomic E-state index is -0.0529. The number of hydrogen-bond donors (Lipinski definition) is 0. The van der Waals surface area contributed by atoms with Gasteiger partial charge >= 0.3 is 0 Å². The highest BCUT2D eigenvalue weighted by Crippen LogP contribution is 2.12. The van der Waals surface area contributed by atoms with Gasteiger partial charge < -0.3 is 4.90 Å². The van der Waals surface area contributed by atoms with E-state index in [0.717, 1.165) is 26.2 Å². The molecule has 0 N–H and O–H groups in total. The fourth-order valence-electron chi connectivity index (χ4n) is 1.92. The summed E-state index contributed by atoms with van der Waals surface area (Å²) in [5.74, 6) is 0.215. The lowest BCUT2D eigenvalue weighted by atomic mass is 10.2. The van der Waals surface area contributed by atoms with Crippen LogP contribution in [0.5, 0.6) is 0 Å². The summed E-state index contributed by atoms with van der Waals surface area (Å²) in [4.78, 5) is 16.0. The van der Waals surface area contributed by atoms with Crippen molar-refractivity contribution in [1.82, 2.24) is 9.80 Å². The third kappa shape index (κ3) is 2.70. The van der Waals surface area contributed by atoms with E-state index >= 15 is 0 Å². The van der Waals surface area contributed by atoms with Crippen LogP contribution in [0.25, 0.3) is 0 Å². The maximum absolute atomic E-state index is 11.7. The Labute approximate surface area is 94.6 Å². The zero-order valence-electron chi connectivity index (χ0n) is 9.16. The van der Waals surface area contributed by atoms with Gasteiger partial charge in [-0.1, -0.05) is 22.9 Å². The van der Waals surface area contributed by atoms with E-state index in [9.17, 15) is 4.79 Å². The SMILES string of the molecule is CCN1CCN(C(=O)C(C)Br)CC1C. The maximum Gasteiger partial charge on any atom is 0.236 e. The number of nitrogens with zero attached hydrogens (tertiary/aromatic N) is 2. The van der Waals surface area contributed by atoms with Crippen LogP contribution in [0.15, 0.2) is 0 Å². The van der Waals surface area contributed by atoms with E-state index in [2.05, 4.69) is 34.7 Å². The zero-order chi connectivity index (χ0) is 10.7. The van der Waals surface area contributed by atoms with Crippen molar-refractivity contribution < 1.29 is 4.79 Å². The normalized spacial score (nSPS) is 26.3. The van der Waals surface area contributed by atoms with Crippen molar-refractivity contribution in [2.24, 2.45) is 0 Å². The van der Waals surface area contributed by atoms with Crippen LogP contribution in [0, 0.1) is 0 Å². The first-order chi connectivity index (χ1) is 6.56. The van der Waals surface area contributed by atoms with Gasteiger partial charge in [-0.2, -0.15) is 0 Å². The van der Waals surface area contributed by atoms with Gasteiger partial charge in [0.1, 0.15) is 0 Å². The number of rotatable bonds is 2. The molecular weight excluding hydrogens is 244 g/mol. The highest BCUT2D eigenvalue weighted by atomic mass is 79.9. The van der Waals surface area contributed by atoms with Crippen LogP contribution < -0.4 is 0 Å². The summed E-state index contributed by atoms with van der Waals surface area (Å²) in [6.45, 7) is 10.0. The molecule has 0 aromatic heterocycles. The Bertz CT molecular complexity index is 208. The van der Waals surface area contributed by atoms with Gasteiger partial charge in [0.2, 0.25) is 5.91 Å². The summed E-state index contributed by atoms with van der Waals surface area (Å²) >= 11 is 3.32. The van der Waals surface area contributed by atoms with Crippen molar-refractivity contribution in [1.29, 1.82) is 0 Å². The molecule has 1 amide bonds. The van der Waals surface area contributed by atoms with E-state index in [4.69, 9.17) is 0 Å². The van der Waals surface area contributed by atoms with Crippen LogP contribution in [-0.2, 0) is 4.79 Å². The molecule has 0 aliphatic carbocycles. The molecule has 82 valence electrons. The van der Waals surface area contributed by atoms with Crippen LogP contribution in [0.4, 0.5) is 0 Å². The van der Waals surface area contributed by atoms with Gasteiger partial charge in [0.25, 0.3) is 0 Å². The summed E-state index contributed by atoms with van der Waals surface area (Å²) < 4.78 is 0. The number of likely N-dealkylation sites (N-methyl/N-ethyl adjacent to an activating group) is 1. The molecule has 4 heteroatoms. The lowest BCUT2D eigenvalue weighted by molar-refractivity contribution is -0.132. The standard InChI is InChI=1S/C10H19BrN2O/c1-4-12-5-6-13(7-8(12)2)10(14)9(3)11/h8-9H,4-7H2,1-3H3. The zero-order valence-corrected chi connectivity index (χ0v) is 10.7. The van der Waals surface area contributed by atoms with Crippen LogP contribution in [0.2, 0.25) is 0 Å². The average Bonchev–Trinajstić information content (AvgIpc) is 2.16. The Kier molecular flexibility index (Phi) is 4.38. The average molecular weight is 263 g/mol. The molecule has 1 saturated heterocycles. The second kappa shape index (κ2) is 5.12. The Balaban J connectivity index is 2.50. The second-order valence-electron chi connectivity index (χ2n) is 3.88. The lowest BCUT2D eigenvalue weighted by Gasteiger charge is -2.39. The van der Waals surface area contributed by atoms with E-state index in [-0.39, 0.29) is 10.7 Å². The molecule has 0 bridgehead atoms. The molecule has 2 atom stereocenters. The fourth-order valence-corrected chi connectivity index (χ4v) is 2.21. The van der Waals surface area contributed by atoms with E-state index in [1.165, 1.54) is 0 Å². The third-order valence-electron chi connectivity index (χ3n) is 2.82. The lowest BCUT2D eigenvalue weighted by Crippen LogP contribution is -2.54. The van der Waals surface area contributed by atoms with Crippen molar-refractivity contribution in [3.05, 3.63) is 0 Å². The van der Waals surface area contributed by atoms with E-state index in [1.807, 2.05) is 11.8 Å². The molecule has 0 radical (unpaired) electrons. The number of carbonyl (C=O) groups excluding carboxylic acids is 1. The molecule has 0 saturated carbocycles. The van der Waals surface area contributed by atoms with E-state index < -0.39 is 0 Å². The van der Waals surface area contributed by atoms with Crippen molar-refractivity contribution in [3.8, 4) is 0 Å². The predicted molar refractivity (Wildman–Crippen MR) is 61.7 cm³/mol. The molecule has 0 aromatic rings. The minimum absolute atomic E-state index is 0.0529. The first-order valence-electron chi connectivity index (χ1n) is 5.23. The molecule has 1 rings (SSSR count). The number of carbonyl (C=O) groups is 1. The van der Waals surface area contributed by atoms with Crippen molar-refractivity contribution in [2.75, 3.05) is 26.2 Å². The fraction of sp³-hybridized carbons (Fsp3) is 0.900. The number of amides is 1. The van der Waals surface area contributed by atoms with Crippen LogP contribution in [-0.4, -0.2) is 52.8 Å². The second-order valence-corrected chi connectivity index (χ2v) is 5.25. The van der Waals surface area contributed by atoms with Crippen molar-refractivity contribution in [2.45, 2.75) is 31.6 Å². The molecular formula is C10H19BrN2O. The first-order valence-corrected chi connectivity index (χ1v) is 6.14. The Hall–Kier alpha value is -0.0900. The third-order valence-corrected chi connectivity index (χ3v) is 3.21. The Morgan fingerprint density at radius 1 is 1.57 bits per heavy atom. The number of alkyl halides is 1. The highest BCUT2D eigenvalue weighted by Gasteiger charge is 2.26. The molecule has 2 unspecified atom stereocenters. The van der Waals surface area contributed by atoms with Gasteiger partial charge in [-0.15, -0.1) is 0 Å². The minimum Gasteiger partial charge on any atom is -0.339 e. The van der Waals surface area contributed by atoms with Gasteiger partial charge in [0, 0.05) is 25.7 Å². The summed E-state index contributed by atoms with van der Waals surface area (Å²) in [6, 6.07) is 0.490. The molecule has 1 heterocycles. The van der Waals surface area contributed by atoms with Crippen LogP contribution >= 0.6 is 15.9 Å². The van der Waals surface area contributed by atoms with Gasteiger partial charge in [0.15, 0.2) is 0 Å². The van der Waals surface area contributed by atoms with Crippen molar-refractivity contribution in [3.63, 3.8) is 0 Å². The number of halogens is 1. The van der Waals surface area contributed by atoms with Gasteiger partial charge in [0.05, 0.1) is 4.83 Å². The van der Waals surface area contributed by atoms with Gasteiger partial charge in [-0.05, 0) is 20.4 Å². The van der Waals surface area contributed by atoms with E-state index in [0.29, 0.717) is 6.04 Å². The molecule has 1 aliphatic rings. The quantitative estimate of drug-likeness (QED) is 0.701. The summed E-state index contributed by atoms with van der Waals surface area (Å²) in [6.07, 6.45) is 0. The highest BCUT2D eigenvalue weighted by molar-refractivity contribution is 9.10. The maximum atomic E-state index is 11.7. The van der Waals surface area contributed by atoms with Gasteiger partial charge in [-0.3, -0.25) is 9.69 Å². The smallest absolute Gasteiger partial charge is 0.236 e. The molecule has 1 aliphatic heterocycles. The van der Waals surface area contributed by atoms with Crippen LogP contribution in [0.1, 0.15) is 20.8 Å². The molecule has 1 fully saturated rings.